The molecule has 0 saturated carbocycles. The summed E-state index contributed by atoms with van der Waals surface area (Å²) in [7, 11) is 0. The minimum absolute atomic E-state index is 0.408. The van der Waals surface area contributed by atoms with Crippen molar-refractivity contribution in [2.24, 2.45) is 0 Å². The molecule has 1 aromatic rings. The number of benzene rings is 1. The fourth-order valence-electron chi connectivity index (χ4n) is 0.556. The van der Waals surface area contributed by atoms with Gasteiger partial charge in [0.2, 0.25) is 0 Å². The van der Waals surface area contributed by atoms with Gasteiger partial charge in [0.1, 0.15) is 0 Å². The second-order valence-electron chi connectivity index (χ2n) is 1.62. The van der Waals surface area contributed by atoms with Crippen LogP contribution in [0.1, 0.15) is 0 Å². The minimum atomic E-state index is 0.408. The van der Waals surface area contributed by atoms with Crippen molar-refractivity contribution in [3.8, 4) is 0 Å². The standard InChI is InChI=1S/C6H6NSe2/c7-5-3-1-2-4-6(5)9-8/h1-4H,7H2. The van der Waals surface area contributed by atoms with Crippen molar-refractivity contribution in [2.45, 2.75) is 0 Å². The second-order valence-corrected chi connectivity index (χ2v) is 4.71. The Morgan fingerprint density at radius 1 is 1.33 bits per heavy atom. The Hall–Kier alpha value is 0.0590. The third-order valence-corrected chi connectivity index (χ3v) is 4.12. The van der Waals surface area contributed by atoms with Gasteiger partial charge in [-0.05, 0) is 0 Å². The molecule has 1 nitrogen and oxygen atoms in total. The molecule has 3 heteroatoms. The van der Waals surface area contributed by atoms with Crippen LogP contribution in [-0.2, 0) is 0 Å². The van der Waals surface area contributed by atoms with Gasteiger partial charge in [0.05, 0.1) is 0 Å². The van der Waals surface area contributed by atoms with E-state index in [2.05, 4.69) is 14.2 Å². The number of rotatable bonds is 1. The molecular formula is C6H6NSe2. The van der Waals surface area contributed by atoms with Crippen molar-refractivity contribution >= 4 is 37.5 Å². The Morgan fingerprint density at radius 2 is 2.00 bits per heavy atom. The number of hydrogen-bond acceptors (Lipinski definition) is 1. The summed E-state index contributed by atoms with van der Waals surface area (Å²) in [4.78, 5) is 0. The van der Waals surface area contributed by atoms with Gasteiger partial charge in [-0.3, -0.25) is 0 Å². The summed E-state index contributed by atoms with van der Waals surface area (Å²) in [6.07, 6.45) is 0. The summed E-state index contributed by atoms with van der Waals surface area (Å²) >= 11 is 3.39. The first kappa shape index (κ1) is 7.17. The van der Waals surface area contributed by atoms with E-state index < -0.39 is 0 Å². The quantitative estimate of drug-likeness (QED) is 0.536. The molecular weight excluding hydrogens is 244 g/mol. The Labute approximate surface area is 67.5 Å². The summed E-state index contributed by atoms with van der Waals surface area (Å²) in [6, 6.07) is 7.93. The first-order valence-electron chi connectivity index (χ1n) is 2.49. The van der Waals surface area contributed by atoms with Crippen LogP contribution < -0.4 is 10.2 Å². The Bertz CT molecular complexity index is 200. The van der Waals surface area contributed by atoms with Crippen molar-refractivity contribution < 1.29 is 0 Å². The first-order valence-corrected chi connectivity index (χ1v) is 7.68. The van der Waals surface area contributed by atoms with Crippen molar-refractivity contribution in [3.05, 3.63) is 24.3 Å². The van der Waals surface area contributed by atoms with Crippen LogP contribution in [0.5, 0.6) is 0 Å². The van der Waals surface area contributed by atoms with Crippen LogP contribution in [0.25, 0.3) is 0 Å². The van der Waals surface area contributed by atoms with Gasteiger partial charge in [0.15, 0.2) is 0 Å². The maximum absolute atomic E-state index is 5.63. The molecule has 0 aliphatic heterocycles. The van der Waals surface area contributed by atoms with Gasteiger partial charge < -0.3 is 0 Å². The zero-order chi connectivity index (χ0) is 6.69. The molecule has 0 heterocycles. The summed E-state index contributed by atoms with van der Waals surface area (Å²) in [5.41, 5.74) is 6.53. The van der Waals surface area contributed by atoms with E-state index in [1.54, 1.807) is 0 Å². The third-order valence-electron chi connectivity index (χ3n) is 1.01. The molecule has 0 spiro atoms. The van der Waals surface area contributed by atoms with E-state index in [-0.39, 0.29) is 0 Å². The maximum atomic E-state index is 5.63. The fraction of sp³-hybridized carbons (Fsp3) is 0. The molecule has 0 amide bonds. The van der Waals surface area contributed by atoms with Gasteiger partial charge >= 0.3 is 67.5 Å². The number of anilines is 1. The molecule has 1 rings (SSSR count). The van der Waals surface area contributed by atoms with Crippen molar-refractivity contribution in [1.29, 1.82) is 0 Å². The third kappa shape index (κ3) is 1.73. The van der Waals surface area contributed by atoms with E-state index in [1.807, 2.05) is 24.3 Å². The van der Waals surface area contributed by atoms with Gasteiger partial charge in [-0.1, -0.05) is 0 Å². The van der Waals surface area contributed by atoms with Crippen LogP contribution in [0.15, 0.2) is 24.3 Å². The van der Waals surface area contributed by atoms with Gasteiger partial charge in [-0.2, -0.15) is 0 Å². The van der Waals surface area contributed by atoms with Crippen LogP contribution in [0, 0.1) is 0 Å². The molecule has 2 N–H and O–H groups in total. The number of nitrogen functional groups attached to an aromatic ring is 1. The van der Waals surface area contributed by atoms with E-state index in [4.69, 9.17) is 5.73 Å². The van der Waals surface area contributed by atoms with Crippen LogP contribution in [-0.4, -0.2) is 27.3 Å². The van der Waals surface area contributed by atoms with E-state index in [9.17, 15) is 0 Å². The SMILES string of the molecule is Nc1ccccc1[Se][Se]. The summed E-state index contributed by atoms with van der Waals surface area (Å²) in [5.74, 6) is 0. The van der Waals surface area contributed by atoms with E-state index in [1.165, 1.54) is 4.46 Å². The molecule has 47 valence electrons. The zero-order valence-corrected chi connectivity index (χ0v) is 8.13. The topological polar surface area (TPSA) is 26.0 Å². The van der Waals surface area contributed by atoms with Crippen molar-refractivity contribution in [2.75, 3.05) is 5.73 Å². The van der Waals surface area contributed by atoms with Crippen molar-refractivity contribution in [3.63, 3.8) is 0 Å². The average Bonchev–Trinajstić information content (AvgIpc) is 1.89. The van der Waals surface area contributed by atoms with Crippen LogP contribution in [0.3, 0.4) is 0 Å². The normalized spacial score (nSPS) is 9.44. The molecule has 0 unspecified atom stereocenters. The summed E-state index contributed by atoms with van der Waals surface area (Å²) < 4.78 is 1.24. The first-order chi connectivity index (χ1) is 4.34. The molecule has 0 atom stereocenters. The number of nitrogens with two attached hydrogens (primary N) is 1. The second kappa shape index (κ2) is 3.28. The molecule has 0 aromatic heterocycles. The van der Waals surface area contributed by atoms with Gasteiger partial charge in [-0.25, -0.2) is 0 Å². The van der Waals surface area contributed by atoms with Crippen LogP contribution in [0.4, 0.5) is 5.69 Å². The molecule has 0 saturated heterocycles. The predicted molar refractivity (Wildman–Crippen MR) is 42.0 cm³/mol. The van der Waals surface area contributed by atoms with E-state index in [0.29, 0.717) is 13.1 Å². The predicted octanol–water partition coefficient (Wildman–Crippen LogP) is -0.318. The fourth-order valence-corrected chi connectivity index (χ4v) is 2.84. The monoisotopic (exact) mass is 252 g/mol. The zero-order valence-electron chi connectivity index (χ0n) is 4.70. The Morgan fingerprint density at radius 3 is 2.44 bits per heavy atom. The molecule has 0 aliphatic carbocycles. The van der Waals surface area contributed by atoms with Gasteiger partial charge in [0.25, 0.3) is 0 Å². The Kier molecular flexibility index (Phi) is 2.62. The van der Waals surface area contributed by atoms with E-state index in [0.717, 1.165) is 5.69 Å². The van der Waals surface area contributed by atoms with Gasteiger partial charge in [0, 0.05) is 0 Å². The molecule has 1 radical (unpaired) electrons. The summed E-state index contributed by atoms with van der Waals surface area (Å²) in [6.45, 7) is 0. The molecule has 0 fully saturated rings. The molecule has 9 heavy (non-hydrogen) atoms. The number of para-hydroxylation sites is 1. The van der Waals surface area contributed by atoms with Crippen LogP contribution in [0.2, 0.25) is 0 Å². The Balaban J connectivity index is 3.01. The van der Waals surface area contributed by atoms with Crippen molar-refractivity contribution in [1.82, 2.24) is 0 Å². The average molecular weight is 250 g/mol. The van der Waals surface area contributed by atoms with Crippen LogP contribution >= 0.6 is 0 Å². The van der Waals surface area contributed by atoms with Gasteiger partial charge in [-0.15, -0.1) is 0 Å². The molecule has 0 bridgehead atoms. The summed E-state index contributed by atoms with van der Waals surface area (Å²) in [5, 5.41) is 0. The number of hydrogen-bond donors (Lipinski definition) is 1. The van der Waals surface area contributed by atoms with E-state index >= 15 is 0 Å². The molecule has 0 aliphatic rings. The molecule has 1 aromatic carbocycles.